The van der Waals surface area contributed by atoms with Crippen LogP contribution >= 0.6 is 0 Å². The van der Waals surface area contributed by atoms with E-state index in [-0.39, 0.29) is 5.75 Å². The first-order valence-electron chi connectivity index (χ1n) is 10.7. The van der Waals surface area contributed by atoms with Crippen molar-refractivity contribution in [1.82, 2.24) is 19.5 Å². The van der Waals surface area contributed by atoms with Crippen LogP contribution in [-0.2, 0) is 23.0 Å². The number of guanidine groups is 1. The summed E-state index contributed by atoms with van der Waals surface area (Å²) in [5, 5.41) is 3.25. The van der Waals surface area contributed by atoms with Crippen LogP contribution in [0.25, 0.3) is 0 Å². The largest absolute Gasteiger partial charge is 0.355 e. The van der Waals surface area contributed by atoms with E-state index < -0.39 is 10.0 Å². The summed E-state index contributed by atoms with van der Waals surface area (Å²) in [5.41, 5.74) is 2.68. The zero-order valence-corrected chi connectivity index (χ0v) is 18.8. The molecule has 166 valence electrons. The van der Waals surface area contributed by atoms with Crippen LogP contribution in [0.5, 0.6) is 0 Å². The monoisotopic (exact) mass is 442 g/mol. The van der Waals surface area contributed by atoms with Gasteiger partial charge in [0, 0.05) is 59.1 Å². The van der Waals surface area contributed by atoms with E-state index in [1.807, 2.05) is 18.2 Å². The number of hydrogen-bond acceptors (Lipinski definition) is 5. The molecule has 0 aliphatic carbocycles. The molecule has 1 aromatic heterocycles. The Bertz CT molecular complexity index is 1000. The van der Waals surface area contributed by atoms with E-state index in [9.17, 15) is 8.42 Å². The zero-order valence-electron chi connectivity index (χ0n) is 17.9. The van der Waals surface area contributed by atoms with Gasteiger partial charge in [0.05, 0.1) is 5.75 Å². The minimum Gasteiger partial charge on any atom is -0.355 e. The molecule has 2 aliphatic rings. The maximum Gasteiger partial charge on any atom is 0.215 e. The number of rotatable bonds is 5. The number of nitrogens with one attached hydrogen (secondary N) is 1. The number of aromatic nitrogens is 1. The lowest BCUT2D eigenvalue weighted by Crippen LogP contribution is -2.51. The van der Waals surface area contributed by atoms with E-state index >= 15 is 0 Å². The Morgan fingerprint density at radius 2 is 1.77 bits per heavy atom. The van der Waals surface area contributed by atoms with Crippen molar-refractivity contribution in [2.75, 3.05) is 57.0 Å². The molecule has 3 heterocycles. The zero-order chi connectivity index (χ0) is 21.7. The SMILES string of the molecule is CN=C(NCCS(=O)(=O)N1CCN(c2ccccn2)CC1)N1CCc2ccccc2C1. The molecule has 1 saturated heterocycles. The molecule has 0 amide bonds. The van der Waals surface area contributed by atoms with Gasteiger partial charge in [-0.1, -0.05) is 30.3 Å². The van der Waals surface area contributed by atoms with Crippen molar-refractivity contribution in [3.8, 4) is 0 Å². The van der Waals surface area contributed by atoms with Crippen molar-refractivity contribution >= 4 is 21.8 Å². The number of aliphatic imine (C=N–C) groups is 1. The molecule has 1 aromatic carbocycles. The van der Waals surface area contributed by atoms with Crippen LogP contribution in [0.3, 0.4) is 0 Å². The predicted octanol–water partition coefficient (Wildman–Crippen LogP) is 1.17. The standard InChI is InChI=1S/C22H30N6O2S/c1-23-22(27-12-9-19-6-2-3-7-20(19)18-27)25-11-17-31(29,30)28-15-13-26(14-16-28)21-8-4-5-10-24-21/h2-8,10H,9,11-18H2,1H3,(H,23,25). The van der Waals surface area contributed by atoms with Crippen molar-refractivity contribution in [3.63, 3.8) is 0 Å². The van der Waals surface area contributed by atoms with Crippen LogP contribution in [0.1, 0.15) is 11.1 Å². The lowest BCUT2D eigenvalue weighted by atomic mass is 10.0. The van der Waals surface area contributed by atoms with Gasteiger partial charge in [0.15, 0.2) is 5.96 Å². The van der Waals surface area contributed by atoms with Gasteiger partial charge in [-0.15, -0.1) is 0 Å². The summed E-state index contributed by atoms with van der Waals surface area (Å²) in [5.74, 6) is 1.71. The lowest BCUT2D eigenvalue weighted by molar-refractivity contribution is 0.376. The summed E-state index contributed by atoms with van der Waals surface area (Å²) in [6.07, 6.45) is 2.73. The molecule has 31 heavy (non-hydrogen) atoms. The predicted molar refractivity (Wildman–Crippen MR) is 124 cm³/mol. The molecule has 0 bridgehead atoms. The average molecular weight is 443 g/mol. The molecule has 0 saturated carbocycles. The first kappa shape index (κ1) is 21.6. The second kappa shape index (κ2) is 9.65. The quantitative estimate of drug-likeness (QED) is 0.553. The van der Waals surface area contributed by atoms with Crippen LogP contribution in [0.15, 0.2) is 53.7 Å². The Kier molecular flexibility index (Phi) is 6.72. The van der Waals surface area contributed by atoms with Gasteiger partial charge >= 0.3 is 0 Å². The molecule has 0 atom stereocenters. The normalized spacial score (nSPS) is 18.0. The summed E-state index contributed by atoms with van der Waals surface area (Å²) in [7, 11) is -1.58. The van der Waals surface area contributed by atoms with Gasteiger partial charge in [0.2, 0.25) is 10.0 Å². The van der Waals surface area contributed by atoms with Gasteiger partial charge in [-0.25, -0.2) is 13.4 Å². The molecule has 2 aromatic rings. The number of anilines is 1. The second-order valence-corrected chi connectivity index (χ2v) is 9.89. The highest BCUT2D eigenvalue weighted by molar-refractivity contribution is 7.89. The highest BCUT2D eigenvalue weighted by Crippen LogP contribution is 2.18. The number of pyridine rings is 1. The molecule has 9 heteroatoms. The van der Waals surface area contributed by atoms with Gasteiger partial charge in [-0.3, -0.25) is 4.99 Å². The van der Waals surface area contributed by atoms with Crippen LogP contribution in [-0.4, -0.2) is 80.6 Å². The van der Waals surface area contributed by atoms with E-state index in [1.54, 1.807) is 17.5 Å². The molecule has 0 unspecified atom stereocenters. The lowest BCUT2D eigenvalue weighted by Gasteiger charge is -2.35. The Balaban J connectivity index is 1.27. The number of piperazine rings is 1. The third-order valence-corrected chi connectivity index (χ3v) is 7.76. The Labute approximate surface area is 184 Å². The van der Waals surface area contributed by atoms with Crippen LogP contribution in [0, 0.1) is 0 Å². The van der Waals surface area contributed by atoms with Crippen molar-refractivity contribution in [1.29, 1.82) is 0 Å². The minimum absolute atomic E-state index is 0.0556. The minimum atomic E-state index is -3.32. The van der Waals surface area contributed by atoms with Gasteiger partial charge in [-0.05, 0) is 29.7 Å². The Hall–Kier alpha value is -2.65. The fraction of sp³-hybridized carbons (Fsp3) is 0.455. The maximum absolute atomic E-state index is 12.8. The summed E-state index contributed by atoms with van der Waals surface area (Å²) in [4.78, 5) is 13.0. The summed E-state index contributed by atoms with van der Waals surface area (Å²) in [6, 6.07) is 14.2. The van der Waals surface area contributed by atoms with E-state index in [0.717, 1.165) is 31.3 Å². The van der Waals surface area contributed by atoms with E-state index in [2.05, 4.69) is 49.4 Å². The van der Waals surface area contributed by atoms with E-state index in [0.29, 0.717) is 32.7 Å². The van der Waals surface area contributed by atoms with Gasteiger partial charge < -0.3 is 15.1 Å². The Morgan fingerprint density at radius 3 is 2.48 bits per heavy atom. The highest BCUT2D eigenvalue weighted by Gasteiger charge is 2.27. The van der Waals surface area contributed by atoms with Crippen LogP contribution in [0.2, 0.25) is 0 Å². The molecule has 8 nitrogen and oxygen atoms in total. The third-order valence-electron chi connectivity index (χ3n) is 5.89. The average Bonchev–Trinajstić information content (AvgIpc) is 2.82. The summed E-state index contributed by atoms with van der Waals surface area (Å²) < 4.78 is 27.3. The molecule has 0 radical (unpaired) electrons. The van der Waals surface area contributed by atoms with Gasteiger partial charge in [0.1, 0.15) is 5.82 Å². The fourth-order valence-electron chi connectivity index (χ4n) is 4.17. The van der Waals surface area contributed by atoms with Crippen LogP contribution < -0.4 is 10.2 Å². The van der Waals surface area contributed by atoms with E-state index in [4.69, 9.17) is 0 Å². The molecular formula is C22H30N6O2S. The third kappa shape index (κ3) is 5.16. The molecule has 1 N–H and O–H groups in total. The van der Waals surface area contributed by atoms with Crippen LogP contribution in [0.4, 0.5) is 5.82 Å². The number of benzene rings is 1. The Morgan fingerprint density at radius 1 is 1.03 bits per heavy atom. The number of nitrogens with zero attached hydrogens (tertiary/aromatic N) is 5. The molecule has 1 fully saturated rings. The molecule has 0 spiro atoms. The highest BCUT2D eigenvalue weighted by atomic mass is 32.2. The number of sulfonamides is 1. The first-order chi connectivity index (χ1) is 15.1. The maximum atomic E-state index is 12.8. The molecular weight excluding hydrogens is 412 g/mol. The molecule has 4 rings (SSSR count). The second-order valence-electron chi connectivity index (χ2n) is 7.80. The van der Waals surface area contributed by atoms with E-state index in [1.165, 1.54) is 11.1 Å². The fourth-order valence-corrected chi connectivity index (χ4v) is 5.50. The van der Waals surface area contributed by atoms with Gasteiger partial charge in [0.25, 0.3) is 0 Å². The summed E-state index contributed by atoms with van der Waals surface area (Å²) >= 11 is 0. The van der Waals surface area contributed by atoms with Gasteiger partial charge in [-0.2, -0.15) is 4.31 Å². The number of hydrogen-bond donors (Lipinski definition) is 1. The van der Waals surface area contributed by atoms with Crippen molar-refractivity contribution in [3.05, 3.63) is 59.8 Å². The first-order valence-corrected chi connectivity index (χ1v) is 12.3. The van der Waals surface area contributed by atoms with Crippen molar-refractivity contribution < 1.29 is 8.42 Å². The number of fused-ring (bicyclic) bond motifs is 1. The van der Waals surface area contributed by atoms with Crippen molar-refractivity contribution in [2.45, 2.75) is 13.0 Å². The summed E-state index contributed by atoms with van der Waals surface area (Å²) in [6.45, 7) is 4.27. The topological polar surface area (TPSA) is 81.1 Å². The van der Waals surface area contributed by atoms with Crippen molar-refractivity contribution in [2.24, 2.45) is 4.99 Å². The molecule has 2 aliphatic heterocycles. The smallest absolute Gasteiger partial charge is 0.215 e.